The lowest BCUT2D eigenvalue weighted by molar-refractivity contribution is -0.133. The van der Waals surface area contributed by atoms with Crippen molar-refractivity contribution in [2.45, 2.75) is 43.2 Å². The van der Waals surface area contributed by atoms with Gasteiger partial charge in [-0.2, -0.15) is 16.1 Å². The van der Waals surface area contributed by atoms with Crippen molar-refractivity contribution in [1.82, 2.24) is 14.5 Å². The van der Waals surface area contributed by atoms with Crippen LogP contribution in [-0.4, -0.2) is 95.0 Å². The van der Waals surface area contributed by atoms with Gasteiger partial charge in [-0.05, 0) is 90.4 Å². The zero-order chi connectivity index (χ0) is 36.9. The highest BCUT2D eigenvalue weighted by Gasteiger charge is 2.34. The minimum atomic E-state index is -3.76. The number of fused-ring (bicyclic) bond motifs is 3. The minimum absolute atomic E-state index is 0.131. The monoisotopic (exact) mass is 758 g/mol. The summed E-state index contributed by atoms with van der Waals surface area (Å²) in [6.07, 6.45) is 3.45. The first-order valence-electron chi connectivity index (χ1n) is 16.5. The van der Waals surface area contributed by atoms with Gasteiger partial charge in [-0.1, -0.05) is 17.7 Å². The van der Waals surface area contributed by atoms with E-state index in [0.29, 0.717) is 58.4 Å². The minimum Gasteiger partial charge on any atom is -0.493 e. The fourth-order valence-electron chi connectivity index (χ4n) is 6.63. The Hall–Kier alpha value is -3.98. The Bertz CT molecular complexity index is 1940. The Morgan fingerprint density at radius 2 is 1.67 bits per heavy atom. The highest BCUT2D eigenvalue weighted by atomic mass is 35.5. The Morgan fingerprint density at radius 1 is 0.980 bits per heavy atom. The van der Waals surface area contributed by atoms with Crippen LogP contribution in [0.5, 0.6) is 17.2 Å². The number of nitrogens with zero attached hydrogens (tertiary/aromatic N) is 2. The molecule has 2 atom stereocenters. The van der Waals surface area contributed by atoms with Crippen LogP contribution in [0.4, 0.5) is 5.69 Å². The van der Waals surface area contributed by atoms with Gasteiger partial charge >= 0.3 is 0 Å². The van der Waals surface area contributed by atoms with E-state index in [0.717, 1.165) is 11.1 Å². The maximum Gasteiger partial charge on any atom is 0.245 e. The summed E-state index contributed by atoms with van der Waals surface area (Å²) in [7, 11) is 0.858. The summed E-state index contributed by atoms with van der Waals surface area (Å²) in [5.41, 5.74) is 2.77. The average Bonchev–Trinajstić information content (AvgIpc) is 3.36. The second-order valence-corrected chi connectivity index (χ2v) is 15.6. The third kappa shape index (κ3) is 8.24. The molecular weight excluding hydrogens is 716 g/mol. The Labute approximate surface area is 307 Å². The van der Waals surface area contributed by atoms with Crippen LogP contribution < -0.4 is 30.3 Å². The number of ether oxygens (including phenoxy) is 3. The molecule has 0 radical (unpaired) electrons. The van der Waals surface area contributed by atoms with E-state index < -0.39 is 22.1 Å². The van der Waals surface area contributed by atoms with Crippen LogP contribution in [0.15, 0.2) is 58.2 Å². The Kier molecular flexibility index (Phi) is 12.4. The van der Waals surface area contributed by atoms with E-state index in [9.17, 15) is 22.8 Å². The number of amides is 2. The van der Waals surface area contributed by atoms with Crippen molar-refractivity contribution in [1.29, 1.82) is 0 Å². The summed E-state index contributed by atoms with van der Waals surface area (Å²) >= 11 is 7.53. The van der Waals surface area contributed by atoms with E-state index >= 15 is 0 Å². The smallest absolute Gasteiger partial charge is 0.245 e. The van der Waals surface area contributed by atoms with Crippen LogP contribution in [0.3, 0.4) is 0 Å². The van der Waals surface area contributed by atoms with Crippen LogP contribution >= 0.6 is 23.4 Å². The Balaban J connectivity index is 1.47. The highest BCUT2D eigenvalue weighted by molar-refractivity contribution is 7.98. The number of sulfonamides is 1. The standard InChI is InChI=1S/C36H43ClN4O8S2/c1-22(42)38-28-12-6-23-20-32(47-2)34(48-3)35(49-4)33(23)26-11-13-29(31(43)21-27(26)28)39-30(14-19-50-5)36(44)40-15-17-41(18-16-40)51(45,46)25-9-7-24(37)8-10-25/h7-11,13,20-21,28,30H,6,12,14-19H2,1-5H3,(H,38,42)(H,39,43)/t28-,30-/m0/s1. The fraction of sp³-hybridized carbons (Fsp3) is 0.417. The summed E-state index contributed by atoms with van der Waals surface area (Å²) in [5, 5.41) is 6.68. The van der Waals surface area contributed by atoms with Gasteiger partial charge in [0.1, 0.15) is 6.04 Å². The van der Waals surface area contributed by atoms with Gasteiger partial charge in [-0.15, -0.1) is 0 Å². The molecule has 1 aliphatic carbocycles. The van der Waals surface area contributed by atoms with Crippen molar-refractivity contribution in [3.8, 4) is 28.4 Å². The van der Waals surface area contributed by atoms with Gasteiger partial charge in [0.05, 0.1) is 38.0 Å². The molecule has 15 heteroatoms. The molecule has 2 amide bonds. The van der Waals surface area contributed by atoms with Crippen molar-refractivity contribution in [2.75, 3.05) is 64.8 Å². The van der Waals surface area contributed by atoms with Crippen LogP contribution in [-0.2, 0) is 26.0 Å². The number of carbonyl (C=O) groups excluding carboxylic acids is 2. The predicted molar refractivity (Wildman–Crippen MR) is 200 cm³/mol. The first-order valence-corrected chi connectivity index (χ1v) is 19.7. The maximum atomic E-state index is 14.0. The number of hydrogen-bond acceptors (Lipinski definition) is 10. The summed E-state index contributed by atoms with van der Waals surface area (Å²) in [6, 6.07) is 11.7. The SMILES string of the molecule is COc1cc2c(c(OC)c1OC)-c1ccc(N[C@@H](CCSC)C(=O)N3CCN(S(=O)(=O)c4ccc(Cl)cc4)CC3)c(=O)cc1[C@@H](NC(C)=O)CC2. The van der Waals surface area contributed by atoms with Crippen LogP contribution in [0.2, 0.25) is 5.02 Å². The molecule has 1 fully saturated rings. The number of rotatable bonds is 12. The Morgan fingerprint density at radius 3 is 2.27 bits per heavy atom. The fourth-order valence-corrected chi connectivity index (χ4v) is 8.65. The van der Waals surface area contributed by atoms with Crippen molar-refractivity contribution in [3.05, 3.63) is 74.9 Å². The second kappa shape index (κ2) is 16.6. The number of nitrogens with one attached hydrogen (secondary N) is 2. The van der Waals surface area contributed by atoms with Gasteiger partial charge in [0.2, 0.25) is 33.0 Å². The molecule has 2 N–H and O–H groups in total. The number of benzene rings is 2. The third-order valence-electron chi connectivity index (χ3n) is 9.16. The van der Waals surface area contributed by atoms with E-state index in [1.807, 2.05) is 18.4 Å². The van der Waals surface area contributed by atoms with E-state index in [-0.39, 0.29) is 54.0 Å². The predicted octanol–water partition coefficient (Wildman–Crippen LogP) is 4.58. The molecule has 0 saturated carbocycles. The van der Waals surface area contributed by atoms with Gasteiger partial charge in [-0.3, -0.25) is 14.4 Å². The van der Waals surface area contributed by atoms with Gasteiger partial charge in [-0.25, -0.2) is 8.42 Å². The number of thioether (sulfide) groups is 1. The number of anilines is 1. The number of aryl methyl sites for hydroxylation is 1. The molecule has 1 heterocycles. The molecule has 1 saturated heterocycles. The molecule has 3 aromatic carbocycles. The quantitative estimate of drug-likeness (QED) is 0.270. The molecule has 5 rings (SSSR count). The molecule has 0 unspecified atom stereocenters. The molecule has 0 spiro atoms. The van der Waals surface area contributed by atoms with Gasteiger partial charge < -0.3 is 29.7 Å². The van der Waals surface area contributed by atoms with E-state index in [1.54, 1.807) is 29.8 Å². The highest BCUT2D eigenvalue weighted by Crippen LogP contribution is 2.50. The lowest BCUT2D eigenvalue weighted by atomic mass is 9.95. The topological polar surface area (TPSA) is 144 Å². The number of piperazine rings is 1. The first-order chi connectivity index (χ1) is 24.4. The summed E-state index contributed by atoms with van der Waals surface area (Å²) in [4.78, 5) is 42.1. The molecular formula is C36H43ClN4O8S2. The zero-order valence-electron chi connectivity index (χ0n) is 29.3. The molecule has 0 bridgehead atoms. The number of methoxy groups -OCH3 is 3. The first kappa shape index (κ1) is 38.3. The van der Waals surface area contributed by atoms with Gasteiger partial charge in [0.25, 0.3) is 0 Å². The van der Waals surface area contributed by atoms with E-state index in [2.05, 4.69) is 10.6 Å². The van der Waals surface area contributed by atoms with Crippen LogP contribution in [0.25, 0.3) is 11.1 Å². The number of halogens is 1. The molecule has 3 aromatic rings. The lowest BCUT2D eigenvalue weighted by Gasteiger charge is -2.36. The summed E-state index contributed by atoms with van der Waals surface area (Å²) < 4.78 is 45.0. The average molecular weight is 759 g/mol. The van der Waals surface area contributed by atoms with Crippen LogP contribution in [0, 0.1) is 0 Å². The van der Waals surface area contributed by atoms with Gasteiger partial charge in [0, 0.05) is 43.7 Å². The number of carbonyl (C=O) groups is 2. The lowest BCUT2D eigenvalue weighted by Crippen LogP contribution is -2.54. The largest absolute Gasteiger partial charge is 0.493 e. The third-order valence-corrected chi connectivity index (χ3v) is 12.0. The van der Waals surface area contributed by atoms with Crippen molar-refractivity contribution in [2.24, 2.45) is 0 Å². The molecule has 12 nitrogen and oxygen atoms in total. The van der Waals surface area contributed by atoms with Crippen molar-refractivity contribution in [3.63, 3.8) is 0 Å². The summed E-state index contributed by atoms with van der Waals surface area (Å²) in [5.74, 6) is 1.53. The van der Waals surface area contributed by atoms with Crippen molar-refractivity contribution >= 4 is 50.9 Å². The molecule has 1 aliphatic heterocycles. The maximum absolute atomic E-state index is 14.0. The van der Waals surface area contributed by atoms with Crippen molar-refractivity contribution < 1.29 is 32.2 Å². The summed E-state index contributed by atoms with van der Waals surface area (Å²) in [6.45, 7) is 2.10. The van der Waals surface area contributed by atoms with Crippen LogP contribution in [0.1, 0.15) is 36.9 Å². The molecule has 51 heavy (non-hydrogen) atoms. The van der Waals surface area contributed by atoms with Gasteiger partial charge in [0.15, 0.2) is 11.5 Å². The molecule has 2 aliphatic rings. The normalized spacial score (nSPS) is 16.6. The molecule has 274 valence electrons. The molecule has 0 aromatic heterocycles. The van der Waals surface area contributed by atoms with E-state index in [4.69, 9.17) is 25.8 Å². The number of hydrogen-bond donors (Lipinski definition) is 2. The van der Waals surface area contributed by atoms with E-state index in [1.165, 1.54) is 55.8 Å². The zero-order valence-corrected chi connectivity index (χ0v) is 31.7. The second-order valence-electron chi connectivity index (χ2n) is 12.3.